The van der Waals surface area contributed by atoms with Crippen molar-refractivity contribution in [1.29, 1.82) is 0 Å². The molecule has 15 heavy (non-hydrogen) atoms. The maximum absolute atomic E-state index is 2.41. The van der Waals surface area contributed by atoms with Gasteiger partial charge in [-0.05, 0) is 66.2 Å². The van der Waals surface area contributed by atoms with Crippen molar-refractivity contribution >= 4 is 0 Å². The topological polar surface area (TPSA) is 0 Å². The monoisotopic (exact) mass is 200 g/mol. The van der Waals surface area contributed by atoms with Crippen LogP contribution in [0.4, 0.5) is 0 Å². The highest BCUT2D eigenvalue weighted by Crippen LogP contribution is 2.41. The molecule has 0 N–H and O–H groups in total. The summed E-state index contributed by atoms with van der Waals surface area (Å²) in [6.45, 7) is 4.80. The Labute approximate surface area is 92.7 Å². The van der Waals surface area contributed by atoms with Gasteiger partial charge in [0.2, 0.25) is 0 Å². The lowest BCUT2D eigenvalue weighted by Crippen LogP contribution is -2.06. The number of benzene rings is 1. The van der Waals surface area contributed by atoms with E-state index in [4.69, 9.17) is 0 Å². The lowest BCUT2D eigenvalue weighted by Gasteiger charge is -2.19. The van der Waals surface area contributed by atoms with Gasteiger partial charge in [-0.15, -0.1) is 0 Å². The minimum absolute atomic E-state index is 0.784. The van der Waals surface area contributed by atoms with Crippen molar-refractivity contribution in [3.63, 3.8) is 0 Å². The molecule has 2 aliphatic carbocycles. The van der Waals surface area contributed by atoms with Crippen LogP contribution in [0.15, 0.2) is 12.1 Å². The summed E-state index contributed by atoms with van der Waals surface area (Å²) in [5, 5.41) is 0. The lowest BCUT2D eigenvalue weighted by atomic mass is 9.86. The quantitative estimate of drug-likeness (QED) is 0.596. The molecule has 0 heterocycles. The molecule has 0 spiro atoms. The van der Waals surface area contributed by atoms with Gasteiger partial charge in [0.05, 0.1) is 0 Å². The third-order valence-electron chi connectivity index (χ3n) is 4.56. The average Bonchev–Trinajstić information content (AvgIpc) is 2.56. The second kappa shape index (κ2) is 3.37. The number of rotatable bonds is 0. The zero-order valence-corrected chi connectivity index (χ0v) is 9.84. The Morgan fingerprint density at radius 2 is 1.80 bits per heavy atom. The molecule has 0 amide bonds. The van der Waals surface area contributed by atoms with Crippen LogP contribution in [0.3, 0.4) is 0 Å². The van der Waals surface area contributed by atoms with E-state index in [1.165, 1.54) is 32.1 Å². The van der Waals surface area contributed by atoms with E-state index in [-0.39, 0.29) is 0 Å². The van der Waals surface area contributed by atoms with Crippen LogP contribution in [0.25, 0.3) is 0 Å². The first-order valence-electron chi connectivity index (χ1n) is 6.41. The van der Waals surface area contributed by atoms with Crippen LogP contribution in [0.2, 0.25) is 0 Å². The van der Waals surface area contributed by atoms with Crippen LogP contribution < -0.4 is 0 Å². The van der Waals surface area contributed by atoms with Gasteiger partial charge in [-0.1, -0.05) is 26.0 Å². The van der Waals surface area contributed by atoms with Crippen LogP contribution in [0, 0.1) is 5.92 Å². The number of hydrogen-bond donors (Lipinski definition) is 0. The Bertz CT molecular complexity index is 389. The maximum Gasteiger partial charge on any atom is -0.0159 e. The Hall–Kier alpha value is -0.780. The van der Waals surface area contributed by atoms with Gasteiger partial charge >= 0.3 is 0 Å². The van der Waals surface area contributed by atoms with Gasteiger partial charge in [0.25, 0.3) is 0 Å². The molecule has 1 aromatic carbocycles. The van der Waals surface area contributed by atoms with Gasteiger partial charge < -0.3 is 0 Å². The van der Waals surface area contributed by atoms with Crippen molar-refractivity contribution < 1.29 is 0 Å². The fraction of sp³-hybridized carbons (Fsp3) is 0.600. The molecule has 3 rings (SSSR count). The molecule has 80 valence electrons. The van der Waals surface area contributed by atoms with Crippen LogP contribution >= 0.6 is 0 Å². The first-order chi connectivity index (χ1) is 7.27. The van der Waals surface area contributed by atoms with Crippen LogP contribution in [-0.4, -0.2) is 0 Å². The van der Waals surface area contributed by atoms with Crippen molar-refractivity contribution in [1.82, 2.24) is 0 Å². The predicted molar refractivity (Wildman–Crippen MR) is 64.4 cm³/mol. The molecule has 0 radical (unpaired) electrons. The smallest absolute Gasteiger partial charge is 0.0159 e. The van der Waals surface area contributed by atoms with Gasteiger partial charge in [-0.3, -0.25) is 0 Å². The second-order valence-electron chi connectivity index (χ2n) is 5.45. The van der Waals surface area contributed by atoms with Gasteiger partial charge in [0.1, 0.15) is 0 Å². The molecule has 0 aromatic heterocycles. The molecule has 0 saturated carbocycles. The predicted octanol–water partition coefficient (Wildman–Crippen LogP) is 3.86. The molecular weight excluding hydrogens is 180 g/mol. The highest BCUT2D eigenvalue weighted by atomic mass is 14.3. The van der Waals surface area contributed by atoms with E-state index in [9.17, 15) is 0 Å². The van der Waals surface area contributed by atoms with Crippen molar-refractivity contribution in [2.24, 2.45) is 5.92 Å². The van der Waals surface area contributed by atoms with Crippen LogP contribution in [-0.2, 0) is 19.3 Å². The molecule has 2 atom stereocenters. The Balaban J connectivity index is 2.13. The lowest BCUT2D eigenvalue weighted by molar-refractivity contribution is 0.531. The molecule has 0 nitrogen and oxygen atoms in total. The summed E-state index contributed by atoms with van der Waals surface area (Å²) in [7, 11) is 0. The zero-order valence-electron chi connectivity index (χ0n) is 9.84. The highest BCUT2D eigenvalue weighted by molar-refractivity contribution is 5.47. The van der Waals surface area contributed by atoms with Crippen LogP contribution in [0.1, 0.15) is 54.9 Å². The van der Waals surface area contributed by atoms with Crippen LogP contribution in [0.5, 0.6) is 0 Å². The Morgan fingerprint density at radius 1 is 1.00 bits per heavy atom. The molecule has 0 heteroatoms. The molecule has 0 fully saturated rings. The molecule has 0 saturated heterocycles. The third-order valence-corrected chi connectivity index (χ3v) is 4.56. The van der Waals surface area contributed by atoms with Gasteiger partial charge in [0.15, 0.2) is 0 Å². The number of fused-ring (bicyclic) bond motifs is 3. The minimum Gasteiger partial charge on any atom is -0.0616 e. The third kappa shape index (κ3) is 1.34. The summed E-state index contributed by atoms with van der Waals surface area (Å²) in [5.41, 5.74) is 6.77. The van der Waals surface area contributed by atoms with E-state index in [0.29, 0.717) is 0 Å². The van der Waals surface area contributed by atoms with E-state index < -0.39 is 0 Å². The SMILES string of the molecule is CC1Cc2c(ccc3c2CCCC3)C1C. The van der Waals surface area contributed by atoms with E-state index >= 15 is 0 Å². The summed E-state index contributed by atoms with van der Waals surface area (Å²) in [4.78, 5) is 0. The molecular formula is C15H20. The summed E-state index contributed by atoms with van der Waals surface area (Å²) in [6.07, 6.45) is 6.81. The van der Waals surface area contributed by atoms with Gasteiger partial charge in [-0.25, -0.2) is 0 Å². The number of aryl methyl sites for hydroxylation is 1. The average molecular weight is 200 g/mol. The van der Waals surface area contributed by atoms with E-state index in [0.717, 1.165) is 11.8 Å². The fourth-order valence-corrected chi connectivity index (χ4v) is 3.40. The van der Waals surface area contributed by atoms with Crippen molar-refractivity contribution in [3.05, 3.63) is 34.4 Å². The van der Waals surface area contributed by atoms with Gasteiger partial charge in [-0.2, -0.15) is 0 Å². The second-order valence-corrected chi connectivity index (χ2v) is 5.45. The molecule has 0 bridgehead atoms. The zero-order chi connectivity index (χ0) is 10.4. The van der Waals surface area contributed by atoms with E-state index in [2.05, 4.69) is 26.0 Å². The normalized spacial score (nSPS) is 28.7. The standard InChI is InChI=1S/C15H20/c1-10-9-15-13(11(10)2)8-7-12-5-3-4-6-14(12)15/h7-8,10-11H,3-6,9H2,1-2H3. The molecule has 1 aromatic rings. The molecule has 2 unspecified atom stereocenters. The molecule has 0 aliphatic heterocycles. The van der Waals surface area contributed by atoms with Crippen molar-refractivity contribution in [2.75, 3.05) is 0 Å². The van der Waals surface area contributed by atoms with Crippen molar-refractivity contribution in [2.45, 2.75) is 51.9 Å². The highest BCUT2D eigenvalue weighted by Gasteiger charge is 2.29. The van der Waals surface area contributed by atoms with E-state index in [1.54, 1.807) is 22.3 Å². The van der Waals surface area contributed by atoms with Crippen molar-refractivity contribution in [3.8, 4) is 0 Å². The van der Waals surface area contributed by atoms with E-state index in [1.807, 2.05) is 0 Å². The maximum atomic E-state index is 2.41. The summed E-state index contributed by atoms with van der Waals surface area (Å²) >= 11 is 0. The molecule has 2 aliphatic rings. The summed E-state index contributed by atoms with van der Waals surface area (Å²) < 4.78 is 0. The largest absolute Gasteiger partial charge is 0.0616 e. The summed E-state index contributed by atoms with van der Waals surface area (Å²) in [5.74, 6) is 1.64. The Morgan fingerprint density at radius 3 is 2.67 bits per heavy atom. The Kier molecular flexibility index (Phi) is 2.12. The van der Waals surface area contributed by atoms with Gasteiger partial charge in [0, 0.05) is 0 Å². The minimum atomic E-state index is 0.784. The first-order valence-corrected chi connectivity index (χ1v) is 6.41. The summed E-state index contributed by atoms with van der Waals surface area (Å²) in [6, 6.07) is 4.81. The first kappa shape index (κ1) is 9.45. The number of hydrogen-bond acceptors (Lipinski definition) is 0. The fourth-order valence-electron chi connectivity index (χ4n) is 3.40.